The molecule has 2 aromatic heterocycles. The topological polar surface area (TPSA) is 71.2 Å². The zero-order valence-electron chi connectivity index (χ0n) is 15.6. The molecule has 6 heteroatoms. The minimum atomic E-state index is -0.434. The van der Waals surface area contributed by atoms with Gasteiger partial charge in [-0.2, -0.15) is 0 Å². The molecule has 3 N–H and O–H groups in total. The van der Waals surface area contributed by atoms with Crippen molar-refractivity contribution < 1.29 is 4.79 Å². The third kappa shape index (κ3) is 3.31. The van der Waals surface area contributed by atoms with Crippen LogP contribution in [0.4, 0.5) is 5.82 Å². The Morgan fingerprint density at radius 1 is 1.33 bits per heavy atom. The van der Waals surface area contributed by atoms with Crippen molar-refractivity contribution in [2.24, 2.45) is 5.73 Å². The number of amides is 1. The molecule has 2 unspecified atom stereocenters. The first-order valence-electron chi connectivity index (χ1n) is 9.30. The first-order chi connectivity index (χ1) is 13.1. The smallest absolute Gasteiger partial charge is 0.251 e. The van der Waals surface area contributed by atoms with Crippen molar-refractivity contribution >= 4 is 33.1 Å². The predicted octanol–water partition coefficient (Wildman–Crippen LogP) is 3.64. The van der Waals surface area contributed by atoms with Crippen molar-refractivity contribution in [2.45, 2.75) is 31.8 Å². The summed E-state index contributed by atoms with van der Waals surface area (Å²) in [6.45, 7) is 3.28. The van der Waals surface area contributed by atoms with E-state index in [-0.39, 0.29) is 0 Å². The van der Waals surface area contributed by atoms with Gasteiger partial charge in [-0.15, -0.1) is 11.3 Å². The van der Waals surface area contributed by atoms with Gasteiger partial charge in [0.1, 0.15) is 5.82 Å². The van der Waals surface area contributed by atoms with Crippen molar-refractivity contribution in [2.75, 3.05) is 18.5 Å². The van der Waals surface area contributed by atoms with Gasteiger partial charge in [-0.3, -0.25) is 4.79 Å². The van der Waals surface area contributed by atoms with E-state index in [1.165, 1.54) is 0 Å². The van der Waals surface area contributed by atoms with Crippen LogP contribution in [0.5, 0.6) is 0 Å². The summed E-state index contributed by atoms with van der Waals surface area (Å²) in [5.74, 6) is 0.477. The number of nitrogens with one attached hydrogen (secondary N) is 1. The lowest BCUT2D eigenvalue weighted by molar-refractivity contribution is 0.100. The first-order valence-corrected chi connectivity index (χ1v) is 10.1. The molecule has 0 radical (unpaired) electrons. The van der Waals surface area contributed by atoms with Crippen molar-refractivity contribution in [1.29, 1.82) is 0 Å². The Morgan fingerprint density at radius 3 is 2.81 bits per heavy atom. The van der Waals surface area contributed by atoms with Gasteiger partial charge in [0.15, 0.2) is 0 Å². The molecule has 1 fully saturated rings. The van der Waals surface area contributed by atoms with Gasteiger partial charge >= 0.3 is 0 Å². The van der Waals surface area contributed by atoms with Crippen LogP contribution in [0, 0.1) is 0 Å². The monoisotopic (exact) mass is 380 g/mol. The summed E-state index contributed by atoms with van der Waals surface area (Å²) in [5, 5.41) is 4.55. The number of carbonyl (C=O) groups is 1. The Hall–Kier alpha value is -2.44. The number of piperidine rings is 1. The van der Waals surface area contributed by atoms with Crippen LogP contribution in [0.25, 0.3) is 20.5 Å². The van der Waals surface area contributed by atoms with E-state index in [0.29, 0.717) is 17.6 Å². The fraction of sp³-hybridized carbons (Fsp3) is 0.333. The number of primary amides is 1. The third-order valence-electron chi connectivity index (χ3n) is 5.41. The summed E-state index contributed by atoms with van der Waals surface area (Å²) in [6, 6.07) is 13.1. The van der Waals surface area contributed by atoms with Gasteiger partial charge in [0, 0.05) is 35.6 Å². The van der Waals surface area contributed by atoms with Gasteiger partial charge in [0.25, 0.3) is 5.91 Å². The lowest BCUT2D eigenvalue weighted by atomic mass is 9.98. The number of fused-ring (bicyclic) bond motifs is 1. The molecule has 4 rings (SSSR count). The molecule has 1 aliphatic rings. The number of hydrogen-bond acceptors (Lipinski definition) is 5. The molecule has 27 heavy (non-hydrogen) atoms. The molecule has 0 spiro atoms. The molecule has 5 nitrogen and oxygen atoms in total. The highest BCUT2D eigenvalue weighted by Crippen LogP contribution is 2.39. The minimum absolute atomic E-state index is 0.369. The maximum absolute atomic E-state index is 12.0. The summed E-state index contributed by atoms with van der Waals surface area (Å²) in [6.07, 6.45) is 3.91. The second-order valence-corrected chi connectivity index (χ2v) is 8.19. The van der Waals surface area contributed by atoms with Crippen LogP contribution in [0.1, 0.15) is 30.1 Å². The van der Waals surface area contributed by atoms with Gasteiger partial charge < -0.3 is 16.0 Å². The molecule has 1 aromatic carbocycles. The Labute approximate surface area is 163 Å². The molecule has 1 amide bonds. The molecule has 0 aliphatic carbocycles. The molecule has 1 aliphatic heterocycles. The van der Waals surface area contributed by atoms with Crippen LogP contribution in [0.15, 0.2) is 42.6 Å². The lowest BCUT2D eigenvalue weighted by Gasteiger charge is -2.37. The van der Waals surface area contributed by atoms with E-state index in [1.54, 1.807) is 17.5 Å². The third-order valence-corrected chi connectivity index (χ3v) is 6.63. The van der Waals surface area contributed by atoms with E-state index in [9.17, 15) is 4.79 Å². The summed E-state index contributed by atoms with van der Waals surface area (Å²) in [7, 11) is 2.10. The highest BCUT2D eigenvalue weighted by Gasteiger charge is 2.27. The van der Waals surface area contributed by atoms with E-state index in [4.69, 9.17) is 5.73 Å². The molecule has 140 valence electrons. The molecule has 2 atom stereocenters. The van der Waals surface area contributed by atoms with Crippen LogP contribution >= 0.6 is 11.3 Å². The van der Waals surface area contributed by atoms with Crippen LogP contribution in [-0.4, -0.2) is 36.6 Å². The predicted molar refractivity (Wildman–Crippen MR) is 112 cm³/mol. The molecule has 3 heterocycles. The number of thiophene rings is 1. The van der Waals surface area contributed by atoms with E-state index >= 15 is 0 Å². The quantitative estimate of drug-likeness (QED) is 0.725. The number of aromatic nitrogens is 1. The number of likely N-dealkylation sites (N-methyl/N-ethyl adjacent to an activating group) is 1. The minimum Gasteiger partial charge on any atom is -0.366 e. The largest absolute Gasteiger partial charge is 0.366 e. The zero-order chi connectivity index (χ0) is 19.0. The van der Waals surface area contributed by atoms with Crippen molar-refractivity contribution in [1.82, 2.24) is 10.3 Å². The lowest BCUT2D eigenvalue weighted by Crippen LogP contribution is -2.51. The van der Waals surface area contributed by atoms with E-state index in [0.717, 1.165) is 45.7 Å². The van der Waals surface area contributed by atoms with Crippen molar-refractivity contribution in [3.05, 3.63) is 48.2 Å². The van der Waals surface area contributed by atoms with Crippen LogP contribution in [-0.2, 0) is 0 Å². The normalized spacial score (nSPS) is 19.9. The SMILES string of the molecule is CC1NCCCC1N(C)c1ncc(C(N)=O)c2sc(-c3ccccc3)cc12. The summed E-state index contributed by atoms with van der Waals surface area (Å²) < 4.78 is 0.912. The standard InChI is InChI=1S/C21H24N4OS/c1-13-17(9-6-10-23-13)25(2)21-15-11-18(14-7-4-3-5-8-14)27-19(15)16(12-24-21)20(22)26/h3-5,7-8,11-13,17,23H,6,9-10H2,1-2H3,(H2,22,26). The summed E-state index contributed by atoms with van der Waals surface area (Å²) in [4.78, 5) is 20.0. The number of carbonyl (C=O) groups excluding carboxylic acids is 1. The number of nitrogens with two attached hydrogens (primary N) is 1. The first kappa shape index (κ1) is 17.9. The average Bonchev–Trinajstić information content (AvgIpc) is 3.13. The van der Waals surface area contributed by atoms with E-state index < -0.39 is 5.91 Å². The Bertz CT molecular complexity index is 969. The molecule has 3 aromatic rings. The van der Waals surface area contributed by atoms with E-state index in [2.05, 4.69) is 47.4 Å². The summed E-state index contributed by atoms with van der Waals surface area (Å²) >= 11 is 1.60. The maximum atomic E-state index is 12.0. The molecule has 0 bridgehead atoms. The van der Waals surface area contributed by atoms with Crippen LogP contribution in [0.3, 0.4) is 0 Å². The van der Waals surface area contributed by atoms with E-state index in [1.807, 2.05) is 18.2 Å². The maximum Gasteiger partial charge on any atom is 0.251 e. The van der Waals surface area contributed by atoms with Crippen LogP contribution in [0.2, 0.25) is 0 Å². The second-order valence-electron chi connectivity index (χ2n) is 7.14. The van der Waals surface area contributed by atoms with Gasteiger partial charge in [-0.05, 0) is 37.9 Å². The van der Waals surface area contributed by atoms with Crippen molar-refractivity contribution in [3.63, 3.8) is 0 Å². The molecular formula is C21H24N4OS. The van der Waals surface area contributed by atoms with Crippen LogP contribution < -0.4 is 16.0 Å². The number of hydrogen-bond donors (Lipinski definition) is 2. The molecular weight excluding hydrogens is 356 g/mol. The van der Waals surface area contributed by atoms with Gasteiger partial charge in [-0.25, -0.2) is 4.98 Å². The summed E-state index contributed by atoms with van der Waals surface area (Å²) in [5.41, 5.74) is 7.25. The van der Waals surface area contributed by atoms with Gasteiger partial charge in [0.05, 0.1) is 10.3 Å². The number of pyridine rings is 1. The Morgan fingerprint density at radius 2 is 2.11 bits per heavy atom. The van der Waals surface area contributed by atoms with Gasteiger partial charge in [-0.1, -0.05) is 30.3 Å². The molecule has 0 saturated carbocycles. The second kappa shape index (κ2) is 7.29. The average molecular weight is 381 g/mol. The fourth-order valence-corrected chi connectivity index (χ4v) is 5.10. The highest BCUT2D eigenvalue weighted by molar-refractivity contribution is 7.22. The Balaban J connectivity index is 1.85. The number of rotatable bonds is 4. The van der Waals surface area contributed by atoms with Gasteiger partial charge in [0.2, 0.25) is 0 Å². The van der Waals surface area contributed by atoms with Crippen molar-refractivity contribution in [3.8, 4) is 10.4 Å². The highest BCUT2D eigenvalue weighted by atomic mass is 32.1. The number of anilines is 1. The number of benzene rings is 1. The zero-order valence-corrected chi connectivity index (χ0v) is 16.4. The number of nitrogens with zero attached hydrogens (tertiary/aromatic N) is 2. The Kier molecular flexibility index (Phi) is 4.85. The molecule has 1 saturated heterocycles. The fourth-order valence-electron chi connectivity index (χ4n) is 3.93.